The van der Waals surface area contributed by atoms with E-state index in [2.05, 4.69) is 203 Å². The van der Waals surface area contributed by atoms with Gasteiger partial charge in [0.25, 0.3) is 0 Å². The lowest BCUT2D eigenvalue weighted by Gasteiger charge is -2.21. The predicted molar refractivity (Wildman–Crippen MR) is 435 cm³/mol. The Balaban J connectivity index is 4.71. The molecule has 0 saturated heterocycles. The van der Waals surface area contributed by atoms with Crippen molar-refractivity contribution in [3.05, 3.63) is 182 Å². The number of rotatable bonds is 74. The molecule has 18 heteroatoms. The molecule has 5 atom stereocenters. The molecule has 0 aromatic rings. The van der Waals surface area contributed by atoms with Crippen molar-refractivity contribution in [3.8, 4) is 0 Å². The number of carbonyl (C=O) groups excluding carboxylic acids is 3. The number of unbranched alkanes of at least 4 members (excludes halogenated alkanes) is 21. The van der Waals surface area contributed by atoms with Crippen molar-refractivity contribution in [1.82, 2.24) is 0 Å². The van der Waals surface area contributed by atoms with Crippen molar-refractivity contribution >= 4 is 33.6 Å². The summed E-state index contributed by atoms with van der Waals surface area (Å²) in [7, 11) is -9.82. The Hall–Kier alpha value is -5.35. The number of hydrogen-bond donors (Lipinski definition) is 4. The van der Waals surface area contributed by atoms with Gasteiger partial charge in [-0.3, -0.25) is 32.5 Å². The molecule has 596 valence electrons. The fourth-order valence-electron chi connectivity index (χ4n) is 10.1. The van der Waals surface area contributed by atoms with Crippen LogP contribution in [0.1, 0.15) is 290 Å². The quantitative estimate of drug-likeness (QED) is 0.0146. The van der Waals surface area contributed by atoms with E-state index in [-0.39, 0.29) is 19.3 Å². The Bertz CT molecular complexity index is 2640. The Labute approximate surface area is 636 Å². The lowest BCUT2D eigenvalue weighted by Crippen LogP contribution is -2.30. The fraction of sp³-hybridized carbons (Fsp3) is 0.621. The highest BCUT2D eigenvalue weighted by Crippen LogP contribution is 2.45. The summed E-state index contributed by atoms with van der Waals surface area (Å²) in [4.78, 5) is 58.8. The van der Waals surface area contributed by atoms with Crippen LogP contribution in [-0.2, 0) is 55.8 Å². The number of hydrogen-bond acceptors (Lipinski definition) is 14. The van der Waals surface area contributed by atoms with Crippen LogP contribution in [0.25, 0.3) is 0 Å². The zero-order valence-electron chi connectivity index (χ0n) is 65.1. The third-order valence-corrected chi connectivity index (χ3v) is 18.0. The second-order valence-corrected chi connectivity index (χ2v) is 29.0. The molecule has 0 saturated carbocycles. The van der Waals surface area contributed by atoms with Gasteiger partial charge < -0.3 is 34.2 Å². The van der Waals surface area contributed by atoms with Crippen LogP contribution in [0, 0.1) is 0 Å². The van der Waals surface area contributed by atoms with Crippen LogP contribution in [0.15, 0.2) is 182 Å². The average Bonchev–Trinajstić information content (AvgIpc) is 0.923. The molecule has 0 aromatic heterocycles. The Morgan fingerprint density at radius 3 is 0.762 bits per heavy atom. The Kier molecular flexibility index (Phi) is 74.3. The Morgan fingerprint density at radius 1 is 0.267 bits per heavy atom. The Morgan fingerprint density at radius 2 is 0.476 bits per heavy atom. The van der Waals surface area contributed by atoms with E-state index in [1.807, 2.05) is 0 Å². The van der Waals surface area contributed by atoms with Gasteiger partial charge in [-0.05, 0) is 154 Å². The second-order valence-electron chi connectivity index (χ2n) is 26.1. The van der Waals surface area contributed by atoms with Crippen LogP contribution < -0.4 is 0 Å². The average molecular weight is 1510 g/mol. The maximum absolute atomic E-state index is 13.0. The number of aliphatic hydroxyl groups is 2. The summed E-state index contributed by atoms with van der Waals surface area (Å²) in [6, 6.07) is 0. The molecular formula is C87H142O16P2. The number of allylic oxidation sites excluding steroid dienone is 30. The van der Waals surface area contributed by atoms with Gasteiger partial charge in [-0.15, -0.1) is 0 Å². The summed E-state index contributed by atoms with van der Waals surface area (Å²) in [5, 5.41) is 20.7. The monoisotopic (exact) mass is 1500 g/mol. The van der Waals surface area contributed by atoms with Crippen molar-refractivity contribution in [1.29, 1.82) is 0 Å². The maximum atomic E-state index is 13.0. The van der Waals surface area contributed by atoms with Crippen molar-refractivity contribution in [2.24, 2.45) is 0 Å². The molecule has 0 heterocycles. The molecular weight excluding hydrogens is 1360 g/mol. The van der Waals surface area contributed by atoms with Crippen molar-refractivity contribution < 1.29 is 75.8 Å². The molecule has 0 spiro atoms. The smallest absolute Gasteiger partial charge is 0.463 e. The molecule has 5 unspecified atom stereocenters. The van der Waals surface area contributed by atoms with Crippen molar-refractivity contribution in [2.45, 2.75) is 309 Å². The molecule has 16 nitrogen and oxygen atoms in total. The number of ether oxygens (including phenoxy) is 3. The summed E-state index contributed by atoms with van der Waals surface area (Å²) >= 11 is 0. The SMILES string of the molecule is CC/C=C\C/C=C\C/C=C\C/C=C\C/C=C\CCCCCCCCCCCC(=O)OCC(O)COP(=O)(O)OCC(O)COP(=O)(O)OCC(COC(=O)CCCCCCCCCCC/C=C\C/C=C\C/C=C\C/C=C\C/C=C\CC)OC(=O)CCCCC/C=C\C/C=C\C/C=C\C/C=C\C/C=C\CC. The molecule has 105 heavy (non-hydrogen) atoms. The molecule has 0 aliphatic carbocycles. The zero-order chi connectivity index (χ0) is 76.6. The minimum atomic E-state index is -4.95. The third kappa shape index (κ3) is 79.5. The van der Waals surface area contributed by atoms with Crippen molar-refractivity contribution in [2.75, 3.05) is 39.6 Å². The topological polar surface area (TPSA) is 231 Å². The van der Waals surface area contributed by atoms with Crippen LogP contribution in [0.2, 0.25) is 0 Å². The summed E-state index contributed by atoms with van der Waals surface area (Å²) in [5.41, 5.74) is 0. The summed E-state index contributed by atoms with van der Waals surface area (Å²) in [6.45, 7) is 2.28. The summed E-state index contributed by atoms with van der Waals surface area (Å²) in [6.07, 6.45) is 101. The summed E-state index contributed by atoms with van der Waals surface area (Å²) in [5.74, 6) is -1.63. The van der Waals surface area contributed by atoms with Crippen LogP contribution in [0.5, 0.6) is 0 Å². The minimum Gasteiger partial charge on any atom is -0.463 e. The number of aliphatic hydroxyl groups excluding tert-OH is 2. The zero-order valence-corrected chi connectivity index (χ0v) is 66.9. The van der Waals surface area contributed by atoms with Gasteiger partial charge >= 0.3 is 33.6 Å². The molecule has 0 amide bonds. The van der Waals surface area contributed by atoms with Gasteiger partial charge in [0.1, 0.15) is 25.4 Å². The number of carbonyl (C=O) groups is 3. The maximum Gasteiger partial charge on any atom is 0.472 e. The van der Waals surface area contributed by atoms with Crippen LogP contribution >= 0.6 is 15.6 Å². The second kappa shape index (κ2) is 78.2. The molecule has 0 fully saturated rings. The molecule has 0 aliphatic heterocycles. The molecule has 0 radical (unpaired) electrons. The van der Waals surface area contributed by atoms with Gasteiger partial charge in [0.2, 0.25) is 0 Å². The lowest BCUT2D eigenvalue weighted by atomic mass is 10.1. The lowest BCUT2D eigenvalue weighted by molar-refractivity contribution is -0.161. The van der Waals surface area contributed by atoms with E-state index in [0.717, 1.165) is 180 Å². The first-order chi connectivity index (χ1) is 51.2. The van der Waals surface area contributed by atoms with E-state index < -0.39 is 91.5 Å². The molecule has 0 aromatic carbocycles. The number of esters is 3. The highest BCUT2D eigenvalue weighted by molar-refractivity contribution is 7.47. The third-order valence-electron chi connectivity index (χ3n) is 16.1. The first kappa shape index (κ1) is 99.7. The predicted octanol–water partition coefficient (Wildman–Crippen LogP) is 23.8. The van der Waals surface area contributed by atoms with E-state index in [9.17, 15) is 43.5 Å². The van der Waals surface area contributed by atoms with Gasteiger partial charge in [-0.2, -0.15) is 0 Å². The first-order valence-electron chi connectivity index (χ1n) is 40.1. The highest BCUT2D eigenvalue weighted by atomic mass is 31.2. The highest BCUT2D eigenvalue weighted by Gasteiger charge is 2.29. The van der Waals surface area contributed by atoms with Crippen LogP contribution in [0.4, 0.5) is 0 Å². The van der Waals surface area contributed by atoms with E-state index in [1.54, 1.807) is 0 Å². The number of phosphoric ester groups is 2. The summed E-state index contributed by atoms with van der Waals surface area (Å²) < 4.78 is 61.2. The molecule has 4 N–H and O–H groups in total. The van der Waals surface area contributed by atoms with Crippen molar-refractivity contribution in [3.63, 3.8) is 0 Å². The fourth-order valence-corrected chi connectivity index (χ4v) is 11.7. The van der Waals surface area contributed by atoms with Crippen LogP contribution in [-0.4, -0.2) is 95.9 Å². The minimum absolute atomic E-state index is 0.0571. The normalized spacial score (nSPS) is 14.9. The molecule has 0 aliphatic rings. The first-order valence-corrected chi connectivity index (χ1v) is 43.1. The molecule has 0 rings (SSSR count). The van der Waals surface area contributed by atoms with E-state index in [1.165, 1.54) is 51.4 Å². The van der Waals surface area contributed by atoms with Gasteiger partial charge in [-0.25, -0.2) is 9.13 Å². The standard InChI is InChI=1S/C87H142O16P2/c1-4-7-10-13-16-19-22-25-28-31-34-36-38-40-42-44-47-49-52-55-58-61-64-67-70-73-85(90)97-76-82(88)77-99-104(93,94)100-78-83(89)79-101-105(95,96)102-81-84(103-87(92)75-72-69-66-63-60-57-54-51-46-33-30-27-24-21-18-15-12-9-6-3)80-98-86(91)74-71-68-65-62-59-56-53-50-48-45-43-41-39-37-35-32-29-26-23-20-17-14-11-8-5-2/h7-12,16-21,25-30,34-37,40-43,46,51,57,60,82-84,88-89H,4-6,13-15,22-24,31-33,38-39,44-45,47-50,52-56,58-59,61-81H2,1-3H3,(H,93,94)(H,95,96)/b10-7-,11-8-,12-9-,19-16-,20-17-,21-18-,28-25-,29-26-,30-27-,36-34-,37-35-,42-40-,43-41-,51-46-,60-57-. The van der Waals surface area contributed by atoms with E-state index in [4.69, 9.17) is 32.3 Å². The van der Waals surface area contributed by atoms with Gasteiger partial charge in [-0.1, -0.05) is 299 Å². The van der Waals surface area contributed by atoms with Gasteiger partial charge in [0.15, 0.2) is 6.10 Å². The van der Waals surface area contributed by atoms with E-state index in [0.29, 0.717) is 19.3 Å². The van der Waals surface area contributed by atoms with Gasteiger partial charge in [0, 0.05) is 19.3 Å². The van der Waals surface area contributed by atoms with E-state index >= 15 is 0 Å². The molecule has 0 bridgehead atoms. The largest absolute Gasteiger partial charge is 0.472 e. The van der Waals surface area contributed by atoms with Gasteiger partial charge in [0.05, 0.1) is 26.4 Å². The number of phosphoric acid groups is 2. The van der Waals surface area contributed by atoms with Crippen LogP contribution in [0.3, 0.4) is 0 Å².